The van der Waals surface area contributed by atoms with E-state index in [1.165, 1.54) is 0 Å². The minimum absolute atomic E-state index is 0. The van der Waals surface area contributed by atoms with E-state index in [1.807, 2.05) is 0 Å². The van der Waals surface area contributed by atoms with E-state index in [-0.39, 0.29) is 30.0 Å². The minimum Gasteiger partial charge on any atom is -0.606 e. The van der Waals surface area contributed by atoms with Crippen molar-refractivity contribution in [2.45, 2.75) is 0 Å². The fraction of sp³-hybridized carbons (Fsp3) is 0.500. The van der Waals surface area contributed by atoms with Gasteiger partial charge in [0.15, 0.2) is 0 Å². The number of hydrogen-bond donors (Lipinski definition) is 2. The summed E-state index contributed by atoms with van der Waals surface area (Å²) in [6, 6.07) is 0. The van der Waals surface area contributed by atoms with Crippen molar-refractivity contribution in [3.63, 3.8) is 0 Å². The minimum atomic E-state index is -0.0185. The average molecular weight is 160 g/mol. The largest absolute Gasteiger partial charge is 0.606 e. The van der Waals surface area contributed by atoms with Crippen molar-refractivity contribution in [2.75, 3.05) is 6.54 Å². The molecule has 1 unspecified atom stereocenters. The van der Waals surface area contributed by atoms with E-state index in [0.29, 0.717) is 6.54 Å². The molecule has 1 rings (SSSR count). The predicted molar refractivity (Wildman–Crippen MR) is 35.3 cm³/mol. The highest BCUT2D eigenvalue weighted by Crippen LogP contribution is 1.50. The number of quaternary nitrogens is 1. The Bertz CT molecular complexity index is 69.7. The van der Waals surface area contributed by atoms with Crippen molar-refractivity contribution >= 4 is 31.0 Å². The van der Waals surface area contributed by atoms with E-state index in [4.69, 9.17) is 0 Å². The summed E-state index contributed by atoms with van der Waals surface area (Å²) in [6.45, 7) is 0.444. The first-order valence-electron chi connectivity index (χ1n) is 1.70. The van der Waals surface area contributed by atoms with Crippen molar-refractivity contribution in [3.05, 3.63) is 5.21 Å². The Kier molecular flexibility index (Phi) is 6.94. The SMILES string of the molecule is Cl.Cl.[O-][NH+]1CC=NN1. The molecule has 0 bridgehead atoms. The third kappa shape index (κ3) is 3.04. The number of rotatable bonds is 0. The van der Waals surface area contributed by atoms with Crippen molar-refractivity contribution in [1.29, 1.82) is 0 Å². The van der Waals surface area contributed by atoms with Crippen LogP contribution >= 0.6 is 24.8 Å². The lowest BCUT2D eigenvalue weighted by atomic mass is 10.8. The Balaban J connectivity index is 0. The van der Waals surface area contributed by atoms with Gasteiger partial charge in [0, 0.05) is 0 Å². The first-order valence-corrected chi connectivity index (χ1v) is 1.70. The molecular weight excluding hydrogens is 153 g/mol. The van der Waals surface area contributed by atoms with Crippen LogP contribution in [0.15, 0.2) is 5.10 Å². The molecule has 2 N–H and O–H groups in total. The summed E-state index contributed by atoms with van der Waals surface area (Å²) in [5, 5.41) is 13.4. The van der Waals surface area contributed by atoms with Crippen LogP contribution in [0, 0.1) is 5.21 Å². The Morgan fingerprint density at radius 3 is 2.38 bits per heavy atom. The molecule has 6 heteroatoms. The quantitative estimate of drug-likeness (QED) is 0.433. The summed E-state index contributed by atoms with van der Waals surface area (Å²) in [5.41, 5.74) is 2.25. The van der Waals surface area contributed by atoms with Crippen LogP contribution in [0.25, 0.3) is 0 Å². The molecule has 1 atom stereocenters. The summed E-state index contributed by atoms with van der Waals surface area (Å²) < 4.78 is 0. The van der Waals surface area contributed by atoms with Crippen LogP contribution in [0.1, 0.15) is 0 Å². The van der Waals surface area contributed by atoms with Crippen molar-refractivity contribution in [3.8, 4) is 0 Å². The molecule has 4 nitrogen and oxygen atoms in total. The second-order valence-electron chi connectivity index (χ2n) is 1.05. The van der Waals surface area contributed by atoms with Crippen LogP contribution in [-0.2, 0) is 0 Å². The van der Waals surface area contributed by atoms with Crippen LogP contribution < -0.4 is 10.7 Å². The smallest absolute Gasteiger partial charge is 0.138 e. The molecule has 1 aliphatic rings. The number of halogens is 2. The second-order valence-corrected chi connectivity index (χ2v) is 1.05. The Labute approximate surface area is 59.3 Å². The molecule has 0 saturated carbocycles. The molecule has 1 aliphatic heterocycles. The van der Waals surface area contributed by atoms with E-state index < -0.39 is 0 Å². The summed E-state index contributed by atoms with van der Waals surface area (Å²) >= 11 is 0. The van der Waals surface area contributed by atoms with E-state index in [9.17, 15) is 5.21 Å². The highest BCUT2D eigenvalue weighted by Gasteiger charge is 1.94. The van der Waals surface area contributed by atoms with Crippen molar-refractivity contribution < 1.29 is 5.17 Å². The van der Waals surface area contributed by atoms with Gasteiger partial charge >= 0.3 is 0 Å². The second kappa shape index (κ2) is 5.11. The van der Waals surface area contributed by atoms with Crippen molar-refractivity contribution in [2.24, 2.45) is 5.10 Å². The highest BCUT2D eigenvalue weighted by molar-refractivity contribution is 5.85. The van der Waals surface area contributed by atoms with Gasteiger partial charge in [-0.05, 0) is 0 Å². The lowest BCUT2D eigenvalue weighted by molar-refractivity contribution is -0.881. The molecule has 0 aromatic heterocycles. The summed E-state index contributed by atoms with van der Waals surface area (Å²) in [4.78, 5) is 0. The zero-order valence-electron chi connectivity index (χ0n) is 3.96. The van der Waals surface area contributed by atoms with Gasteiger partial charge in [-0.25, -0.2) is 5.17 Å². The molecule has 0 aromatic carbocycles. The highest BCUT2D eigenvalue weighted by atomic mass is 35.5. The number of hydroxylamine groups is 1. The van der Waals surface area contributed by atoms with Crippen LogP contribution in [0.4, 0.5) is 0 Å². The van der Waals surface area contributed by atoms with Crippen LogP contribution in [-0.4, -0.2) is 12.8 Å². The Morgan fingerprint density at radius 2 is 2.25 bits per heavy atom. The lowest BCUT2D eigenvalue weighted by Crippen LogP contribution is -3.11. The van der Waals surface area contributed by atoms with Gasteiger partial charge in [0.2, 0.25) is 0 Å². The van der Waals surface area contributed by atoms with Gasteiger partial charge in [-0.3, -0.25) is 0 Å². The fourth-order valence-electron chi connectivity index (χ4n) is 0.292. The first-order chi connectivity index (χ1) is 2.89. The molecular formula is C2H7Cl2N3O. The van der Waals surface area contributed by atoms with Crippen LogP contribution in [0.2, 0.25) is 0 Å². The summed E-state index contributed by atoms with van der Waals surface area (Å²) in [5.74, 6) is 0. The summed E-state index contributed by atoms with van der Waals surface area (Å²) in [6.07, 6.45) is 1.54. The van der Waals surface area contributed by atoms with Gasteiger partial charge < -0.3 is 5.21 Å². The van der Waals surface area contributed by atoms with Gasteiger partial charge in [-0.1, -0.05) is 0 Å². The zero-order chi connectivity index (χ0) is 4.41. The normalized spacial score (nSPS) is 22.9. The molecule has 0 spiro atoms. The molecule has 0 amide bonds. The topological polar surface area (TPSA) is 51.9 Å². The van der Waals surface area contributed by atoms with E-state index in [0.717, 1.165) is 0 Å². The van der Waals surface area contributed by atoms with E-state index in [2.05, 4.69) is 10.6 Å². The molecule has 0 radical (unpaired) electrons. The first kappa shape index (κ1) is 10.9. The third-order valence-corrected chi connectivity index (χ3v) is 0.557. The molecule has 0 aromatic rings. The summed E-state index contributed by atoms with van der Waals surface area (Å²) in [7, 11) is 0. The molecule has 0 aliphatic carbocycles. The van der Waals surface area contributed by atoms with Gasteiger partial charge in [-0.15, -0.1) is 29.9 Å². The lowest BCUT2D eigenvalue weighted by Gasteiger charge is -2.09. The van der Waals surface area contributed by atoms with Crippen LogP contribution in [0.3, 0.4) is 0 Å². The van der Waals surface area contributed by atoms with Gasteiger partial charge in [0.1, 0.15) is 6.54 Å². The van der Waals surface area contributed by atoms with Gasteiger partial charge in [0.25, 0.3) is 0 Å². The predicted octanol–water partition coefficient (Wildman–Crippen LogP) is -1.28. The van der Waals surface area contributed by atoms with E-state index in [1.54, 1.807) is 6.21 Å². The van der Waals surface area contributed by atoms with Crippen molar-refractivity contribution in [1.82, 2.24) is 5.53 Å². The molecule has 0 saturated heterocycles. The number of nitrogens with one attached hydrogen (secondary N) is 2. The van der Waals surface area contributed by atoms with Crippen LogP contribution in [0.5, 0.6) is 0 Å². The molecule has 1 heterocycles. The fourth-order valence-corrected chi connectivity index (χ4v) is 0.292. The zero-order valence-corrected chi connectivity index (χ0v) is 5.59. The number of hydrogen-bond acceptors (Lipinski definition) is 3. The Morgan fingerprint density at radius 1 is 1.62 bits per heavy atom. The maximum absolute atomic E-state index is 10.0. The Hall–Kier alpha value is -0.0300. The van der Waals surface area contributed by atoms with Gasteiger partial charge in [0.05, 0.1) is 6.21 Å². The molecule has 8 heavy (non-hydrogen) atoms. The molecule has 50 valence electrons. The van der Waals surface area contributed by atoms with E-state index >= 15 is 0 Å². The maximum atomic E-state index is 10.0. The monoisotopic (exact) mass is 159 g/mol. The third-order valence-electron chi connectivity index (χ3n) is 0.557. The number of nitrogens with zero attached hydrogens (tertiary/aromatic N) is 1. The molecule has 0 fully saturated rings. The number of hydrazone groups is 1. The van der Waals surface area contributed by atoms with Gasteiger partial charge in [-0.2, -0.15) is 5.53 Å². The average Bonchev–Trinajstić information content (AvgIpc) is 1.86. The maximum Gasteiger partial charge on any atom is 0.138 e. The standard InChI is InChI=1S/C2H5N3O.2ClH/c6-5-2-1-3-4-5;;/h1,4-5H,2H2;2*1H.